The van der Waals surface area contributed by atoms with Crippen LogP contribution in [0.1, 0.15) is 0 Å². The van der Waals surface area contributed by atoms with E-state index in [0.717, 1.165) is 29.2 Å². The molecule has 6 heavy (non-hydrogen) atoms. The molecule has 0 atom stereocenters. The summed E-state index contributed by atoms with van der Waals surface area (Å²) in [5, 5.41) is 0. The van der Waals surface area contributed by atoms with E-state index < -0.39 is 0 Å². The third-order valence-corrected chi connectivity index (χ3v) is 3.93. The van der Waals surface area contributed by atoms with Gasteiger partial charge in [0, 0.05) is 0 Å². The molecule has 0 aromatic carbocycles. The Morgan fingerprint density at radius 3 is 1.83 bits per heavy atom. The Morgan fingerprint density at radius 2 is 1.67 bits per heavy atom. The van der Waals surface area contributed by atoms with Gasteiger partial charge in [0.25, 0.3) is 0 Å². The normalized spacial score (nSPS) is 20.0. The van der Waals surface area contributed by atoms with Crippen molar-refractivity contribution in [1.29, 1.82) is 0 Å². The molecule has 1 aliphatic rings. The zero-order chi connectivity index (χ0) is 4.41. The van der Waals surface area contributed by atoms with Gasteiger partial charge in [0.1, 0.15) is 0 Å². The third kappa shape index (κ3) is 0.930. The van der Waals surface area contributed by atoms with E-state index >= 15 is 0 Å². The van der Waals surface area contributed by atoms with Crippen molar-refractivity contribution in [3.05, 3.63) is 24.3 Å². The molecule has 0 aromatic rings. The van der Waals surface area contributed by atoms with Crippen LogP contribution in [0.15, 0.2) is 24.3 Å². The summed E-state index contributed by atoms with van der Waals surface area (Å²) in [6, 6.07) is 0. The van der Waals surface area contributed by atoms with Crippen LogP contribution < -0.4 is 0 Å². The van der Waals surface area contributed by atoms with Crippen LogP contribution in [-0.4, -0.2) is 25.8 Å². The Hall–Kier alpha value is 0.402. The van der Waals surface area contributed by atoms with E-state index in [0.29, 0.717) is 0 Å². The molecule has 0 N–H and O–H groups in total. The van der Waals surface area contributed by atoms with Crippen molar-refractivity contribution < 1.29 is 0 Å². The van der Waals surface area contributed by atoms with Crippen LogP contribution in [-0.2, 0) is 0 Å². The molecular formula is C5H7Tl. The molecule has 0 aromatic heterocycles. The van der Waals surface area contributed by atoms with E-state index in [1.807, 2.05) is 0 Å². The van der Waals surface area contributed by atoms with Crippen LogP contribution in [0.4, 0.5) is 0 Å². The van der Waals surface area contributed by atoms with Gasteiger partial charge in [0.05, 0.1) is 0 Å². The van der Waals surface area contributed by atoms with Gasteiger partial charge >= 0.3 is 53.5 Å². The Bertz CT molecular complexity index is 80.1. The van der Waals surface area contributed by atoms with Gasteiger partial charge in [-0.15, -0.1) is 0 Å². The van der Waals surface area contributed by atoms with E-state index in [1.54, 1.807) is 0 Å². The SMILES string of the molecule is [TlH2][CH]1C=CC=C1. The Morgan fingerprint density at radius 1 is 1.17 bits per heavy atom. The summed E-state index contributed by atoms with van der Waals surface area (Å²) in [4.78, 5) is 0. The molecule has 0 spiro atoms. The molecule has 0 bridgehead atoms. The maximum atomic E-state index is 2.27. The first kappa shape index (κ1) is 4.56. The van der Waals surface area contributed by atoms with Crippen molar-refractivity contribution >= 4 is 25.8 Å². The van der Waals surface area contributed by atoms with E-state index in [-0.39, 0.29) is 0 Å². The molecule has 0 unspecified atom stereocenters. The molecule has 1 aliphatic carbocycles. The third-order valence-electron chi connectivity index (χ3n) is 0.940. The van der Waals surface area contributed by atoms with Gasteiger partial charge in [-0.1, -0.05) is 0 Å². The number of rotatable bonds is 0. The monoisotopic (exact) mass is 272 g/mol. The zero-order valence-electron chi connectivity index (χ0n) is 3.89. The van der Waals surface area contributed by atoms with Gasteiger partial charge in [0.15, 0.2) is 0 Å². The minimum atomic E-state index is 0.747. The van der Waals surface area contributed by atoms with Crippen molar-refractivity contribution in [1.82, 2.24) is 0 Å². The molecule has 0 saturated heterocycles. The molecule has 0 amide bonds. The molecular weight excluding hydrogens is 264 g/mol. The van der Waals surface area contributed by atoms with Crippen molar-refractivity contribution in [3.63, 3.8) is 0 Å². The average Bonchev–Trinajstić information content (AvgIpc) is 1.86. The summed E-state index contributed by atoms with van der Waals surface area (Å²) in [6.45, 7) is 0. The summed E-state index contributed by atoms with van der Waals surface area (Å²) in [7, 11) is 0. The van der Waals surface area contributed by atoms with Crippen LogP contribution in [0.2, 0.25) is 3.48 Å². The summed E-state index contributed by atoms with van der Waals surface area (Å²) in [6.07, 6.45) is 8.79. The van der Waals surface area contributed by atoms with Crippen molar-refractivity contribution in [2.45, 2.75) is 3.48 Å². The standard InChI is InChI=1S/C5H5.Tl.2H/c1-2-4-5-3-1;;;/h1-5H;;;. The summed E-state index contributed by atoms with van der Waals surface area (Å²) >= 11 is 0.747. The van der Waals surface area contributed by atoms with Gasteiger partial charge < -0.3 is 0 Å². The molecule has 0 saturated carbocycles. The second kappa shape index (κ2) is 1.91. The fourth-order valence-corrected chi connectivity index (χ4v) is 2.27. The van der Waals surface area contributed by atoms with E-state index in [1.165, 1.54) is 0 Å². The van der Waals surface area contributed by atoms with Gasteiger partial charge in [-0.25, -0.2) is 0 Å². The van der Waals surface area contributed by atoms with Gasteiger partial charge in [-0.2, -0.15) is 0 Å². The Balaban J connectivity index is 2.60. The van der Waals surface area contributed by atoms with Crippen LogP contribution in [0.3, 0.4) is 0 Å². The first-order chi connectivity index (χ1) is 2.89. The summed E-state index contributed by atoms with van der Waals surface area (Å²) in [5.74, 6) is 0. The van der Waals surface area contributed by atoms with Crippen LogP contribution >= 0.6 is 0 Å². The molecule has 0 fully saturated rings. The molecule has 1 rings (SSSR count). The molecule has 0 nitrogen and oxygen atoms in total. The van der Waals surface area contributed by atoms with Crippen LogP contribution in [0.25, 0.3) is 0 Å². The van der Waals surface area contributed by atoms with Gasteiger partial charge in [0.2, 0.25) is 0 Å². The summed E-state index contributed by atoms with van der Waals surface area (Å²) < 4.78 is 0.907. The fourth-order valence-electron chi connectivity index (χ4n) is 0.543. The van der Waals surface area contributed by atoms with E-state index in [4.69, 9.17) is 0 Å². The molecule has 30 valence electrons. The molecule has 1 heteroatoms. The van der Waals surface area contributed by atoms with Gasteiger partial charge in [-0.05, 0) is 0 Å². The second-order valence-electron chi connectivity index (χ2n) is 1.63. The Labute approximate surface area is 53.6 Å². The molecule has 0 heterocycles. The number of allylic oxidation sites excluding steroid dienone is 4. The molecule has 0 aliphatic heterocycles. The van der Waals surface area contributed by atoms with Gasteiger partial charge in [-0.3, -0.25) is 0 Å². The van der Waals surface area contributed by atoms with Crippen molar-refractivity contribution in [2.75, 3.05) is 0 Å². The first-order valence-electron chi connectivity index (χ1n) is 2.24. The van der Waals surface area contributed by atoms with Crippen LogP contribution in [0.5, 0.6) is 0 Å². The zero-order valence-corrected chi connectivity index (χ0v) is 11.7. The predicted molar refractivity (Wildman–Crippen MR) is 30.6 cm³/mol. The number of hydrogen-bond acceptors (Lipinski definition) is 0. The number of hydrogen-bond donors (Lipinski definition) is 0. The second-order valence-corrected chi connectivity index (χ2v) is 6.81. The average molecular weight is 271 g/mol. The van der Waals surface area contributed by atoms with Crippen molar-refractivity contribution in [2.24, 2.45) is 0 Å². The summed E-state index contributed by atoms with van der Waals surface area (Å²) in [5.41, 5.74) is 0. The topological polar surface area (TPSA) is 0 Å². The minimum absolute atomic E-state index is 0.747. The van der Waals surface area contributed by atoms with Crippen molar-refractivity contribution in [3.8, 4) is 0 Å². The Kier molecular flexibility index (Phi) is 1.45. The van der Waals surface area contributed by atoms with E-state index in [2.05, 4.69) is 24.3 Å². The quantitative estimate of drug-likeness (QED) is 0.564. The first-order valence-corrected chi connectivity index (χ1v) is 6.73. The maximum absolute atomic E-state index is 2.27. The molecule has 0 radical (unpaired) electrons. The fraction of sp³-hybridized carbons (Fsp3) is 0.200. The predicted octanol–water partition coefficient (Wildman–Crippen LogP) is 0.534. The van der Waals surface area contributed by atoms with E-state index in [9.17, 15) is 0 Å². The van der Waals surface area contributed by atoms with Crippen LogP contribution in [0, 0.1) is 0 Å².